The van der Waals surface area contributed by atoms with Crippen LogP contribution in [0, 0.1) is 0 Å². The van der Waals surface area contributed by atoms with Crippen molar-refractivity contribution in [2.75, 3.05) is 20.3 Å². The van der Waals surface area contributed by atoms with Gasteiger partial charge in [0.2, 0.25) is 0 Å². The number of hydrogen-bond donors (Lipinski definition) is 1. The molecule has 1 N–H and O–H groups in total. The highest BCUT2D eigenvalue weighted by molar-refractivity contribution is 9.10. The third kappa shape index (κ3) is 5.23. The van der Waals surface area contributed by atoms with Gasteiger partial charge in [0.15, 0.2) is 0 Å². The maximum Gasteiger partial charge on any atom is 0.138 e. The highest BCUT2D eigenvalue weighted by Crippen LogP contribution is 2.25. The van der Waals surface area contributed by atoms with E-state index < -0.39 is 0 Å². The SMILES string of the molecule is CNCc1ccc(OCCOc2cccc(Br)c2)c(Cl)c1. The molecule has 0 amide bonds. The van der Waals surface area contributed by atoms with Crippen LogP contribution in [0.4, 0.5) is 0 Å². The van der Waals surface area contributed by atoms with Gasteiger partial charge in [0.25, 0.3) is 0 Å². The average molecular weight is 371 g/mol. The fourth-order valence-corrected chi connectivity index (χ4v) is 2.48. The summed E-state index contributed by atoms with van der Waals surface area (Å²) < 4.78 is 12.2. The first kappa shape index (κ1) is 16.1. The number of halogens is 2. The number of benzene rings is 2. The van der Waals surface area contributed by atoms with E-state index in [4.69, 9.17) is 21.1 Å². The van der Waals surface area contributed by atoms with E-state index in [1.807, 2.05) is 49.5 Å². The molecule has 0 atom stereocenters. The maximum absolute atomic E-state index is 6.18. The Kier molecular flexibility index (Phi) is 6.36. The predicted molar refractivity (Wildman–Crippen MR) is 89.3 cm³/mol. The van der Waals surface area contributed by atoms with Gasteiger partial charge in [-0.05, 0) is 42.9 Å². The standard InChI is InChI=1S/C16H17BrClNO2/c1-19-11-12-5-6-16(15(18)9-12)21-8-7-20-14-4-2-3-13(17)10-14/h2-6,9-10,19H,7-8,11H2,1H3. The Morgan fingerprint density at radius 2 is 1.90 bits per heavy atom. The van der Waals surface area contributed by atoms with E-state index in [1.165, 1.54) is 0 Å². The molecule has 0 spiro atoms. The molecule has 0 heterocycles. The van der Waals surface area contributed by atoms with E-state index >= 15 is 0 Å². The summed E-state index contributed by atoms with van der Waals surface area (Å²) in [4.78, 5) is 0. The van der Waals surface area contributed by atoms with Crippen LogP contribution < -0.4 is 14.8 Å². The number of hydrogen-bond acceptors (Lipinski definition) is 3. The summed E-state index contributed by atoms with van der Waals surface area (Å²) in [6, 6.07) is 13.5. The van der Waals surface area contributed by atoms with Crippen molar-refractivity contribution in [2.45, 2.75) is 6.54 Å². The summed E-state index contributed by atoms with van der Waals surface area (Å²) in [6.45, 7) is 1.69. The number of ether oxygens (including phenoxy) is 2. The van der Waals surface area contributed by atoms with Crippen molar-refractivity contribution < 1.29 is 9.47 Å². The first-order valence-corrected chi connectivity index (χ1v) is 7.80. The van der Waals surface area contributed by atoms with Crippen molar-refractivity contribution in [1.29, 1.82) is 0 Å². The highest BCUT2D eigenvalue weighted by atomic mass is 79.9. The molecule has 0 saturated carbocycles. The van der Waals surface area contributed by atoms with Crippen molar-refractivity contribution >= 4 is 27.5 Å². The van der Waals surface area contributed by atoms with Gasteiger partial charge in [0.05, 0.1) is 5.02 Å². The van der Waals surface area contributed by atoms with Gasteiger partial charge in [-0.15, -0.1) is 0 Å². The molecule has 2 aromatic carbocycles. The molecule has 5 heteroatoms. The third-order valence-corrected chi connectivity index (χ3v) is 3.57. The first-order chi connectivity index (χ1) is 10.2. The Hall–Kier alpha value is -1.23. The van der Waals surface area contributed by atoms with Gasteiger partial charge in [0.1, 0.15) is 24.7 Å². The Morgan fingerprint density at radius 3 is 2.62 bits per heavy atom. The molecule has 0 bridgehead atoms. The lowest BCUT2D eigenvalue weighted by Gasteiger charge is -2.11. The molecule has 0 aromatic heterocycles. The van der Waals surface area contributed by atoms with E-state index in [0.29, 0.717) is 24.0 Å². The summed E-state index contributed by atoms with van der Waals surface area (Å²) in [5.41, 5.74) is 1.13. The fraction of sp³-hybridized carbons (Fsp3) is 0.250. The van der Waals surface area contributed by atoms with Crippen LogP contribution in [0.1, 0.15) is 5.56 Å². The average Bonchev–Trinajstić information content (AvgIpc) is 2.46. The summed E-state index contributed by atoms with van der Waals surface area (Å²) >= 11 is 9.59. The van der Waals surface area contributed by atoms with Gasteiger partial charge in [-0.3, -0.25) is 0 Å². The Bertz CT molecular complexity index is 592. The molecule has 0 aliphatic carbocycles. The zero-order valence-electron chi connectivity index (χ0n) is 11.7. The van der Waals surface area contributed by atoms with E-state index in [2.05, 4.69) is 21.2 Å². The Labute approximate surface area is 138 Å². The van der Waals surface area contributed by atoms with Crippen LogP contribution in [0.3, 0.4) is 0 Å². The van der Waals surface area contributed by atoms with Crippen LogP contribution in [0.25, 0.3) is 0 Å². The number of rotatable bonds is 7. The van der Waals surface area contributed by atoms with Crippen LogP contribution in [-0.2, 0) is 6.54 Å². The van der Waals surface area contributed by atoms with Gasteiger partial charge in [-0.2, -0.15) is 0 Å². The minimum Gasteiger partial charge on any atom is -0.490 e. The van der Waals surface area contributed by atoms with Crippen molar-refractivity contribution in [3.63, 3.8) is 0 Å². The van der Waals surface area contributed by atoms with E-state index in [9.17, 15) is 0 Å². The molecule has 112 valence electrons. The molecule has 0 saturated heterocycles. The van der Waals surface area contributed by atoms with E-state index in [1.54, 1.807) is 0 Å². The van der Waals surface area contributed by atoms with Crippen LogP contribution >= 0.6 is 27.5 Å². The van der Waals surface area contributed by atoms with E-state index in [0.717, 1.165) is 22.3 Å². The van der Waals surface area contributed by atoms with Gasteiger partial charge in [0, 0.05) is 11.0 Å². The molecular formula is C16H17BrClNO2. The largest absolute Gasteiger partial charge is 0.490 e. The third-order valence-electron chi connectivity index (χ3n) is 2.78. The molecule has 3 nitrogen and oxygen atoms in total. The molecule has 0 aliphatic rings. The quantitative estimate of drug-likeness (QED) is 0.738. The minimum atomic E-state index is 0.442. The van der Waals surface area contributed by atoms with Crippen molar-refractivity contribution in [3.05, 3.63) is 57.5 Å². The van der Waals surface area contributed by atoms with Gasteiger partial charge < -0.3 is 14.8 Å². The lowest BCUT2D eigenvalue weighted by molar-refractivity contribution is 0.217. The zero-order chi connectivity index (χ0) is 15.1. The molecule has 0 aliphatic heterocycles. The molecule has 2 rings (SSSR count). The van der Waals surface area contributed by atoms with Crippen LogP contribution in [0.5, 0.6) is 11.5 Å². The first-order valence-electron chi connectivity index (χ1n) is 6.63. The molecule has 21 heavy (non-hydrogen) atoms. The maximum atomic E-state index is 6.18. The zero-order valence-corrected chi connectivity index (χ0v) is 14.1. The Balaban J connectivity index is 1.81. The van der Waals surface area contributed by atoms with Crippen LogP contribution in [0.15, 0.2) is 46.9 Å². The van der Waals surface area contributed by atoms with Crippen molar-refractivity contribution in [1.82, 2.24) is 5.32 Å². The Morgan fingerprint density at radius 1 is 1.10 bits per heavy atom. The molecular weight excluding hydrogens is 354 g/mol. The summed E-state index contributed by atoms with van der Waals surface area (Å²) in [5.74, 6) is 1.48. The van der Waals surface area contributed by atoms with Crippen LogP contribution in [-0.4, -0.2) is 20.3 Å². The van der Waals surface area contributed by atoms with Gasteiger partial charge >= 0.3 is 0 Å². The summed E-state index contributed by atoms with van der Waals surface area (Å²) in [7, 11) is 1.90. The fourth-order valence-electron chi connectivity index (χ4n) is 1.84. The van der Waals surface area contributed by atoms with E-state index in [-0.39, 0.29) is 0 Å². The van der Waals surface area contributed by atoms with Crippen LogP contribution in [0.2, 0.25) is 5.02 Å². The summed E-state index contributed by atoms with van der Waals surface area (Å²) in [5, 5.41) is 3.70. The van der Waals surface area contributed by atoms with Gasteiger partial charge in [-0.1, -0.05) is 39.7 Å². The molecule has 0 unspecified atom stereocenters. The van der Waals surface area contributed by atoms with Crippen molar-refractivity contribution in [3.8, 4) is 11.5 Å². The molecule has 0 radical (unpaired) electrons. The normalized spacial score (nSPS) is 10.4. The van der Waals surface area contributed by atoms with Crippen molar-refractivity contribution in [2.24, 2.45) is 0 Å². The summed E-state index contributed by atoms with van der Waals surface area (Å²) in [6.07, 6.45) is 0. The lowest BCUT2D eigenvalue weighted by atomic mass is 10.2. The lowest BCUT2D eigenvalue weighted by Crippen LogP contribution is -2.09. The van der Waals surface area contributed by atoms with Gasteiger partial charge in [-0.25, -0.2) is 0 Å². The second-order valence-electron chi connectivity index (χ2n) is 4.45. The second-order valence-corrected chi connectivity index (χ2v) is 5.77. The predicted octanol–water partition coefficient (Wildman–Crippen LogP) is 4.28. The highest BCUT2D eigenvalue weighted by Gasteiger charge is 2.03. The molecule has 0 fully saturated rings. The number of nitrogens with one attached hydrogen (secondary N) is 1. The minimum absolute atomic E-state index is 0.442. The molecule has 2 aromatic rings. The smallest absolute Gasteiger partial charge is 0.138 e. The topological polar surface area (TPSA) is 30.5 Å². The second kappa shape index (κ2) is 8.27. The monoisotopic (exact) mass is 369 g/mol.